The lowest BCUT2D eigenvalue weighted by Crippen LogP contribution is -2.54. The number of para-hydroxylation sites is 1. The molecule has 1 N–H and O–H groups in total. The molecule has 0 saturated carbocycles. The summed E-state index contributed by atoms with van der Waals surface area (Å²) in [6.07, 6.45) is 0.224. The van der Waals surface area contributed by atoms with Crippen molar-refractivity contribution in [2.45, 2.75) is 43.8 Å². The van der Waals surface area contributed by atoms with Gasteiger partial charge in [0.2, 0.25) is 11.8 Å². The molecule has 4 aromatic carbocycles. The minimum atomic E-state index is -4.20. The molecular formula is C34H36ClN3O5S. The number of rotatable bonds is 13. The Kier molecular flexibility index (Phi) is 11.0. The summed E-state index contributed by atoms with van der Waals surface area (Å²) >= 11 is 6.28. The number of hydrogen-bond donors (Lipinski definition) is 1. The van der Waals surface area contributed by atoms with Crippen LogP contribution in [0, 0.1) is 0 Å². The molecule has 0 aliphatic carbocycles. The first kappa shape index (κ1) is 32.6. The molecule has 8 nitrogen and oxygen atoms in total. The number of ether oxygens (including phenoxy) is 1. The van der Waals surface area contributed by atoms with E-state index in [1.54, 1.807) is 60.7 Å². The fourth-order valence-corrected chi connectivity index (χ4v) is 6.39. The van der Waals surface area contributed by atoms with E-state index in [0.717, 1.165) is 9.87 Å². The van der Waals surface area contributed by atoms with E-state index in [4.69, 9.17) is 16.3 Å². The van der Waals surface area contributed by atoms with Crippen LogP contribution >= 0.6 is 11.6 Å². The lowest BCUT2D eigenvalue weighted by atomic mass is 10.0. The van der Waals surface area contributed by atoms with Crippen molar-refractivity contribution in [1.82, 2.24) is 10.2 Å². The van der Waals surface area contributed by atoms with Crippen molar-refractivity contribution in [2.24, 2.45) is 0 Å². The Morgan fingerprint density at radius 2 is 1.45 bits per heavy atom. The van der Waals surface area contributed by atoms with Crippen LogP contribution in [0.4, 0.5) is 5.69 Å². The summed E-state index contributed by atoms with van der Waals surface area (Å²) in [5.41, 5.74) is 1.86. The van der Waals surface area contributed by atoms with Gasteiger partial charge in [0.05, 0.1) is 17.7 Å². The summed E-state index contributed by atoms with van der Waals surface area (Å²) in [6.45, 7) is 3.19. The number of carbonyl (C=O) groups is 2. The molecule has 0 heterocycles. The summed E-state index contributed by atoms with van der Waals surface area (Å²) in [4.78, 5) is 29.6. The summed E-state index contributed by atoms with van der Waals surface area (Å²) in [5, 5.41) is 3.43. The van der Waals surface area contributed by atoms with Gasteiger partial charge in [0.15, 0.2) is 0 Å². The van der Waals surface area contributed by atoms with Crippen molar-refractivity contribution in [3.8, 4) is 5.75 Å². The molecule has 4 rings (SSSR count). The first-order chi connectivity index (χ1) is 21.1. The Morgan fingerprint density at radius 1 is 0.841 bits per heavy atom. The number of anilines is 1. The molecular weight excluding hydrogens is 598 g/mol. The average Bonchev–Trinajstić information content (AvgIpc) is 3.02. The van der Waals surface area contributed by atoms with Gasteiger partial charge in [0.1, 0.15) is 18.3 Å². The second-order valence-electron chi connectivity index (χ2n) is 10.5. The number of halogens is 1. The monoisotopic (exact) mass is 633 g/mol. The van der Waals surface area contributed by atoms with Crippen LogP contribution in [0.15, 0.2) is 114 Å². The summed E-state index contributed by atoms with van der Waals surface area (Å²) in [5.74, 6) is -0.395. The molecule has 4 aromatic rings. The van der Waals surface area contributed by atoms with E-state index in [1.807, 2.05) is 50.2 Å². The van der Waals surface area contributed by atoms with Crippen LogP contribution < -0.4 is 14.4 Å². The van der Waals surface area contributed by atoms with Gasteiger partial charge in [-0.2, -0.15) is 0 Å². The highest BCUT2D eigenvalue weighted by atomic mass is 35.5. The second-order valence-corrected chi connectivity index (χ2v) is 12.8. The van der Waals surface area contributed by atoms with E-state index in [0.29, 0.717) is 22.0 Å². The van der Waals surface area contributed by atoms with Crippen molar-refractivity contribution in [3.05, 3.63) is 125 Å². The zero-order valence-electron chi connectivity index (χ0n) is 24.9. The Hall–Kier alpha value is -4.34. The quantitative estimate of drug-likeness (QED) is 0.204. The molecule has 2 amide bonds. The van der Waals surface area contributed by atoms with Gasteiger partial charge in [0.25, 0.3) is 10.0 Å². The molecule has 0 saturated heterocycles. The minimum absolute atomic E-state index is 0.00488. The van der Waals surface area contributed by atoms with Gasteiger partial charge in [-0.1, -0.05) is 72.3 Å². The van der Waals surface area contributed by atoms with Crippen LogP contribution in [0.5, 0.6) is 5.75 Å². The van der Waals surface area contributed by atoms with Gasteiger partial charge in [-0.15, -0.1) is 0 Å². The summed E-state index contributed by atoms with van der Waals surface area (Å²) in [6, 6.07) is 29.7. The first-order valence-electron chi connectivity index (χ1n) is 14.2. The molecule has 44 heavy (non-hydrogen) atoms. The second kappa shape index (κ2) is 14.9. The zero-order chi connectivity index (χ0) is 31.7. The van der Waals surface area contributed by atoms with Crippen molar-refractivity contribution in [2.75, 3.05) is 18.0 Å². The molecule has 1 unspecified atom stereocenters. The lowest BCUT2D eigenvalue weighted by molar-refractivity contribution is -0.140. The highest BCUT2D eigenvalue weighted by molar-refractivity contribution is 7.92. The fraction of sp³-hybridized carbons (Fsp3) is 0.235. The molecule has 0 fully saturated rings. The Morgan fingerprint density at radius 3 is 2.05 bits per heavy atom. The van der Waals surface area contributed by atoms with Crippen LogP contribution in [0.3, 0.4) is 0 Å². The number of nitrogens with one attached hydrogen (secondary N) is 1. The third-order valence-electron chi connectivity index (χ3n) is 6.91. The zero-order valence-corrected chi connectivity index (χ0v) is 26.5. The van der Waals surface area contributed by atoms with Crippen LogP contribution in [0.1, 0.15) is 25.0 Å². The lowest BCUT2D eigenvalue weighted by Gasteiger charge is -2.34. The Bertz CT molecular complexity index is 1650. The van der Waals surface area contributed by atoms with E-state index >= 15 is 0 Å². The van der Waals surface area contributed by atoms with E-state index in [-0.39, 0.29) is 29.8 Å². The largest absolute Gasteiger partial charge is 0.497 e. The molecule has 10 heteroatoms. The molecule has 0 bridgehead atoms. The van der Waals surface area contributed by atoms with Gasteiger partial charge in [0, 0.05) is 24.0 Å². The van der Waals surface area contributed by atoms with E-state index in [2.05, 4.69) is 5.32 Å². The number of nitrogens with zero attached hydrogens (tertiary/aromatic N) is 2. The average molecular weight is 634 g/mol. The van der Waals surface area contributed by atoms with E-state index in [1.165, 1.54) is 24.1 Å². The van der Waals surface area contributed by atoms with Gasteiger partial charge in [-0.25, -0.2) is 8.42 Å². The van der Waals surface area contributed by atoms with Crippen LogP contribution in [-0.4, -0.2) is 50.9 Å². The number of carbonyl (C=O) groups excluding carboxylic acids is 2. The van der Waals surface area contributed by atoms with Gasteiger partial charge >= 0.3 is 0 Å². The molecule has 0 aliphatic rings. The van der Waals surface area contributed by atoms with Gasteiger partial charge in [-0.3, -0.25) is 13.9 Å². The molecule has 0 aromatic heterocycles. The van der Waals surface area contributed by atoms with Gasteiger partial charge < -0.3 is 15.0 Å². The minimum Gasteiger partial charge on any atom is -0.497 e. The van der Waals surface area contributed by atoms with Crippen LogP contribution in [0.25, 0.3) is 0 Å². The predicted molar refractivity (Wildman–Crippen MR) is 173 cm³/mol. The van der Waals surface area contributed by atoms with Crippen molar-refractivity contribution in [1.29, 1.82) is 0 Å². The number of sulfonamides is 1. The summed E-state index contributed by atoms with van der Waals surface area (Å²) < 4.78 is 34.4. The highest BCUT2D eigenvalue weighted by Gasteiger charge is 2.34. The van der Waals surface area contributed by atoms with Crippen molar-refractivity contribution in [3.63, 3.8) is 0 Å². The first-order valence-corrected chi connectivity index (χ1v) is 16.0. The van der Waals surface area contributed by atoms with Crippen LogP contribution in [0.2, 0.25) is 5.02 Å². The van der Waals surface area contributed by atoms with E-state index < -0.39 is 28.5 Å². The molecule has 1 atom stereocenters. The standard InChI is InChI=1S/C34H36ClN3O5S/c1-25(2)36-34(40)32(22-26-11-6-4-7-12-26)37(23-27-13-10-14-28(35)21-27)33(39)24-38(29-15-8-5-9-16-29)44(41,42)31-19-17-30(43-3)18-20-31/h4-21,25,32H,22-24H2,1-3H3,(H,36,40). The number of methoxy groups -OCH3 is 1. The predicted octanol–water partition coefficient (Wildman–Crippen LogP) is 5.71. The SMILES string of the molecule is COc1ccc(S(=O)(=O)N(CC(=O)N(Cc2cccc(Cl)c2)C(Cc2ccccc2)C(=O)NC(C)C)c2ccccc2)cc1. The fourth-order valence-electron chi connectivity index (χ4n) is 4.76. The third-order valence-corrected chi connectivity index (χ3v) is 8.94. The number of hydrogen-bond acceptors (Lipinski definition) is 5. The normalized spacial score (nSPS) is 11.9. The maximum atomic E-state index is 14.4. The van der Waals surface area contributed by atoms with Gasteiger partial charge in [-0.05, 0) is 73.5 Å². The maximum absolute atomic E-state index is 14.4. The van der Waals surface area contributed by atoms with Crippen molar-refractivity contribution >= 4 is 39.1 Å². The topological polar surface area (TPSA) is 96.0 Å². The third kappa shape index (κ3) is 8.39. The number of amides is 2. The smallest absolute Gasteiger partial charge is 0.264 e. The highest BCUT2D eigenvalue weighted by Crippen LogP contribution is 2.26. The van der Waals surface area contributed by atoms with Crippen LogP contribution in [-0.2, 0) is 32.6 Å². The summed E-state index contributed by atoms with van der Waals surface area (Å²) in [7, 11) is -2.71. The van der Waals surface area contributed by atoms with Crippen molar-refractivity contribution < 1.29 is 22.7 Å². The number of benzene rings is 4. The molecule has 0 aliphatic heterocycles. The Labute approximate surface area is 264 Å². The van der Waals surface area contributed by atoms with E-state index in [9.17, 15) is 18.0 Å². The Balaban J connectivity index is 1.78. The molecule has 0 spiro atoms. The maximum Gasteiger partial charge on any atom is 0.264 e. The molecule has 0 radical (unpaired) electrons. The molecule has 230 valence electrons.